The summed E-state index contributed by atoms with van der Waals surface area (Å²) in [6, 6.07) is 8.32. The van der Waals surface area contributed by atoms with E-state index in [1.165, 1.54) is 5.56 Å². The van der Waals surface area contributed by atoms with Gasteiger partial charge in [-0.05, 0) is 50.4 Å². The van der Waals surface area contributed by atoms with Crippen LogP contribution in [0.25, 0.3) is 0 Å². The van der Waals surface area contributed by atoms with E-state index in [2.05, 4.69) is 40.9 Å². The summed E-state index contributed by atoms with van der Waals surface area (Å²) in [6.45, 7) is 8.96. The summed E-state index contributed by atoms with van der Waals surface area (Å²) < 4.78 is 7.75. The molecule has 0 spiro atoms. The summed E-state index contributed by atoms with van der Waals surface area (Å²) in [4.78, 5) is 12.5. The van der Waals surface area contributed by atoms with Crippen LogP contribution in [0.15, 0.2) is 24.3 Å². The number of carbonyl (C=O) groups is 1. The van der Waals surface area contributed by atoms with Crippen LogP contribution in [0.1, 0.15) is 60.4 Å². The summed E-state index contributed by atoms with van der Waals surface area (Å²) in [6.07, 6.45) is 2.02. The first-order valence-electron chi connectivity index (χ1n) is 9.70. The second kappa shape index (κ2) is 8.99. The van der Waals surface area contributed by atoms with Crippen molar-refractivity contribution in [1.82, 2.24) is 25.6 Å². The van der Waals surface area contributed by atoms with Crippen molar-refractivity contribution in [2.24, 2.45) is 0 Å². The van der Waals surface area contributed by atoms with Crippen LogP contribution in [-0.2, 0) is 0 Å². The van der Waals surface area contributed by atoms with Crippen LogP contribution in [0.3, 0.4) is 0 Å². The number of hydrogen-bond acceptors (Lipinski definition) is 5. The van der Waals surface area contributed by atoms with E-state index in [0.717, 1.165) is 37.4 Å². The van der Waals surface area contributed by atoms with Gasteiger partial charge >= 0.3 is 0 Å². The van der Waals surface area contributed by atoms with Gasteiger partial charge in [0.25, 0.3) is 5.91 Å². The minimum Gasteiger partial charge on any atom is -0.491 e. The van der Waals surface area contributed by atoms with Gasteiger partial charge in [0.1, 0.15) is 12.4 Å². The zero-order chi connectivity index (χ0) is 19.2. The summed E-state index contributed by atoms with van der Waals surface area (Å²) >= 11 is 0. The molecule has 2 heterocycles. The maximum absolute atomic E-state index is 12.5. The number of rotatable bonds is 7. The number of aromatic nitrogens is 3. The van der Waals surface area contributed by atoms with Crippen molar-refractivity contribution in [2.75, 3.05) is 26.2 Å². The van der Waals surface area contributed by atoms with Crippen molar-refractivity contribution in [3.8, 4) is 5.75 Å². The lowest BCUT2D eigenvalue weighted by atomic mass is 10.0. The van der Waals surface area contributed by atoms with Gasteiger partial charge in [-0.15, -0.1) is 5.10 Å². The number of nitrogens with zero attached hydrogens (tertiary/aromatic N) is 3. The van der Waals surface area contributed by atoms with E-state index < -0.39 is 0 Å². The molecule has 0 aliphatic carbocycles. The SMILES string of the molecule is Cc1c(C(=O)NCCOc2ccccc2C(C)C)nnn1C1CCNCC1. The molecule has 1 aromatic carbocycles. The van der Waals surface area contributed by atoms with Gasteiger partial charge in [-0.2, -0.15) is 0 Å². The monoisotopic (exact) mass is 371 g/mol. The third-order valence-electron chi connectivity index (χ3n) is 4.98. The van der Waals surface area contributed by atoms with Crippen LogP contribution in [0, 0.1) is 6.92 Å². The predicted octanol–water partition coefficient (Wildman–Crippen LogP) is 2.44. The normalized spacial score (nSPS) is 15.1. The smallest absolute Gasteiger partial charge is 0.273 e. The van der Waals surface area contributed by atoms with Gasteiger partial charge in [0.2, 0.25) is 0 Å². The zero-order valence-corrected chi connectivity index (χ0v) is 16.4. The Bertz CT molecular complexity index is 765. The van der Waals surface area contributed by atoms with Crippen LogP contribution in [0.2, 0.25) is 0 Å². The van der Waals surface area contributed by atoms with Crippen molar-refractivity contribution in [3.63, 3.8) is 0 Å². The largest absolute Gasteiger partial charge is 0.491 e. The molecule has 2 N–H and O–H groups in total. The highest BCUT2D eigenvalue weighted by molar-refractivity contribution is 5.93. The number of nitrogens with one attached hydrogen (secondary N) is 2. The van der Waals surface area contributed by atoms with E-state index in [1.54, 1.807) is 0 Å². The molecule has 1 aliphatic heterocycles. The molecule has 1 fully saturated rings. The maximum atomic E-state index is 12.5. The summed E-state index contributed by atoms with van der Waals surface area (Å²) in [7, 11) is 0. The van der Waals surface area contributed by atoms with Crippen molar-refractivity contribution in [3.05, 3.63) is 41.2 Å². The van der Waals surface area contributed by atoms with Crippen molar-refractivity contribution in [2.45, 2.75) is 45.6 Å². The molecule has 7 heteroatoms. The minimum atomic E-state index is -0.201. The first kappa shape index (κ1) is 19.4. The lowest BCUT2D eigenvalue weighted by molar-refractivity contribution is 0.0941. The van der Waals surface area contributed by atoms with Gasteiger partial charge in [-0.3, -0.25) is 4.79 Å². The Labute approximate surface area is 160 Å². The van der Waals surface area contributed by atoms with Crippen LogP contribution in [0.5, 0.6) is 5.75 Å². The van der Waals surface area contributed by atoms with Gasteiger partial charge < -0.3 is 15.4 Å². The Morgan fingerprint density at radius 2 is 2.07 bits per heavy atom. The lowest BCUT2D eigenvalue weighted by Gasteiger charge is -2.23. The molecule has 0 unspecified atom stereocenters. The lowest BCUT2D eigenvalue weighted by Crippen LogP contribution is -2.31. The summed E-state index contributed by atoms with van der Waals surface area (Å²) in [5.41, 5.74) is 2.39. The highest BCUT2D eigenvalue weighted by Crippen LogP contribution is 2.25. The third kappa shape index (κ3) is 4.66. The molecule has 3 rings (SSSR count). The molecule has 1 saturated heterocycles. The van der Waals surface area contributed by atoms with Gasteiger partial charge in [0, 0.05) is 0 Å². The molecule has 0 saturated carbocycles. The maximum Gasteiger partial charge on any atom is 0.273 e. The van der Waals surface area contributed by atoms with E-state index in [-0.39, 0.29) is 5.91 Å². The second-order valence-corrected chi connectivity index (χ2v) is 7.25. The van der Waals surface area contributed by atoms with Crippen molar-refractivity contribution in [1.29, 1.82) is 0 Å². The van der Waals surface area contributed by atoms with Gasteiger partial charge in [0.05, 0.1) is 18.3 Å². The minimum absolute atomic E-state index is 0.201. The first-order chi connectivity index (χ1) is 13.1. The molecule has 27 heavy (non-hydrogen) atoms. The van der Waals surface area contributed by atoms with Crippen LogP contribution < -0.4 is 15.4 Å². The molecule has 7 nitrogen and oxygen atoms in total. The van der Waals surface area contributed by atoms with E-state index in [1.807, 2.05) is 29.8 Å². The summed E-state index contributed by atoms with van der Waals surface area (Å²) in [5.74, 6) is 1.06. The Balaban J connectivity index is 1.52. The number of amides is 1. The third-order valence-corrected chi connectivity index (χ3v) is 4.98. The number of piperidine rings is 1. The van der Waals surface area contributed by atoms with E-state index in [4.69, 9.17) is 4.74 Å². The van der Waals surface area contributed by atoms with Crippen molar-refractivity contribution < 1.29 is 9.53 Å². The molecule has 2 aromatic rings. The molecule has 0 atom stereocenters. The molecular formula is C20H29N5O2. The average molecular weight is 371 g/mol. The standard InChI is InChI=1S/C20H29N5O2/c1-14(2)17-6-4-5-7-18(17)27-13-12-22-20(26)19-15(3)25(24-23-19)16-8-10-21-11-9-16/h4-7,14,16,21H,8-13H2,1-3H3,(H,22,26). The van der Waals surface area contributed by atoms with Gasteiger partial charge in [0.15, 0.2) is 5.69 Å². The van der Waals surface area contributed by atoms with Crippen LogP contribution in [-0.4, -0.2) is 47.1 Å². The van der Waals surface area contributed by atoms with E-state index in [0.29, 0.717) is 30.8 Å². The topological polar surface area (TPSA) is 81.1 Å². The molecule has 146 valence electrons. The molecule has 0 radical (unpaired) electrons. The van der Waals surface area contributed by atoms with Crippen LogP contribution in [0.4, 0.5) is 0 Å². The number of para-hydroxylation sites is 1. The molecule has 0 bridgehead atoms. The fourth-order valence-electron chi connectivity index (χ4n) is 3.45. The number of carbonyl (C=O) groups excluding carboxylic acids is 1. The molecule has 1 amide bonds. The van der Waals surface area contributed by atoms with Crippen molar-refractivity contribution >= 4 is 5.91 Å². The fourth-order valence-corrected chi connectivity index (χ4v) is 3.45. The molecule has 1 aromatic heterocycles. The number of benzene rings is 1. The van der Waals surface area contributed by atoms with Gasteiger partial charge in [-0.1, -0.05) is 37.3 Å². The average Bonchev–Trinajstić information content (AvgIpc) is 3.07. The molecule has 1 aliphatic rings. The van der Waals surface area contributed by atoms with Gasteiger partial charge in [-0.25, -0.2) is 4.68 Å². The first-order valence-corrected chi connectivity index (χ1v) is 9.70. The quantitative estimate of drug-likeness (QED) is 0.731. The number of ether oxygens (including phenoxy) is 1. The Morgan fingerprint density at radius 3 is 2.81 bits per heavy atom. The predicted molar refractivity (Wildman–Crippen MR) is 104 cm³/mol. The fraction of sp³-hybridized carbons (Fsp3) is 0.550. The highest BCUT2D eigenvalue weighted by Gasteiger charge is 2.22. The molecular weight excluding hydrogens is 342 g/mol. The number of hydrogen-bond donors (Lipinski definition) is 2. The van der Waals surface area contributed by atoms with Crippen LogP contribution >= 0.6 is 0 Å². The Kier molecular flexibility index (Phi) is 6.45. The zero-order valence-electron chi connectivity index (χ0n) is 16.4. The summed E-state index contributed by atoms with van der Waals surface area (Å²) in [5, 5.41) is 14.5. The highest BCUT2D eigenvalue weighted by atomic mass is 16.5. The van der Waals surface area contributed by atoms with E-state index in [9.17, 15) is 4.79 Å². The van der Waals surface area contributed by atoms with E-state index >= 15 is 0 Å². The second-order valence-electron chi connectivity index (χ2n) is 7.25. The Morgan fingerprint density at radius 1 is 1.33 bits per heavy atom. The Hall–Kier alpha value is -2.41.